The van der Waals surface area contributed by atoms with Crippen LogP contribution in [0.4, 0.5) is 0 Å². The van der Waals surface area contributed by atoms with Crippen molar-refractivity contribution in [2.75, 3.05) is 18.1 Å². The number of thioether (sulfide) groups is 1. The van der Waals surface area contributed by atoms with Crippen LogP contribution in [0.2, 0.25) is 0 Å². The van der Waals surface area contributed by atoms with Crippen molar-refractivity contribution in [1.29, 1.82) is 0 Å². The number of hydrogen-bond donors (Lipinski definition) is 1. The van der Waals surface area contributed by atoms with Crippen LogP contribution in [-0.4, -0.2) is 39.5 Å². The minimum atomic E-state index is 0.171. The number of rotatable bonds is 3. The van der Waals surface area contributed by atoms with Gasteiger partial charge in [0, 0.05) is 38.2 Å². The summed E-state index contributed by atoms with van der Waals surface area (Å²) in [4.78, 5) is 0. The van der Waals surface area contributed by atoms with Gasteiger partial charge in [0.05, 0.1) is 11.3 Å². The highest BCUT2D eigenvalue weighted by molar-refractivity contribution is 7.99. The zero-order valence-electron chi connectivity index (χ0n) is 10.9. The Morgan fingerprint density at radius 1 is 1.67 bits per heavy atom. The third-order valence-corrected chi connectivity index (χ3v) is 5.12. The summed E-state index contributed by atoms with van der Waals surface area (Å²) in [5.41, 5.74) is 1.30. The number of nitrogens with zero attached hydrogens (tertiary/aromatic N) is 2. The van der Waals surface area contributed by atoms with Crippen molar-refractivity contribution in [3.8, 4) is 0 Å². The maximum Gasteiger partial charge on any atom is 0.0795 e. The fourth-order valence-electron chi connectivity index (χ4n) is 2.87. The highest BCUT2D eigenvalue weighted by atomic mass is 32.2. The lowest BCUT2D eigenvalue weighted by atomic mass is 9.90. The van der Waals surface area contributed by atoms with E-state index in [9.17, 15) is 0 Å². The Morgan fingerprint density at radius 2 is 2.61 bits per heavy atom. The van der Waals surface area contributed by atoms with Crippen molar-refractivity contribution in [2.45, 2.75) is 37.5 Å². The molecular weight excluding hydrogens is 246 g/mol. The van der Waals surface area contributed by atoms with Crippen molar-refractivity contribution >= 4 is 11.8 Å². The van der Waals surface area contributed by atoms with Crippen molar-refractivity contribution in [2.24, 2.45) is 7.05 Å². The molecule has 0 aliphatic carbocycles. The van der Waals surface area contributed by atoms with E-state index < -0.39 is 0 Å². The molecule has 1 aromatic rings. The highest BCUT2D eigenvalue weighted by Crippen LogP contribution is 2.38. The second-order valence-corrected chi connectivity index (χ2v) is 6.49. The van der Waals surface area contributed by atoms with Crippen LogP contribution in [0.3, 0.4) is 0 Å². The van der Waals surface area contributed by atoms with E-state index >= 15 is 0 Å². The molecule has 0 radical (unpaired) electrons. The van der Waals surface area contributed by atoms with Crippen molar-refractivity contribution in [1.82, 2.24) is 15.1 Å². The molecule has 3 heterocycles. The second-order valence-electron chi connectivity index (χ2n) is 5.39. The standard InChI is InChI=1S/C13H21N3OS/c1-16-5-2-12(15-16)9-14-11-3-6-17-13(8-11)4-7-18-10-13/h2,5,11,14H,3-4,6-10H2,1H3. The predicted octanol–water partition coefficient (Wildman–Crippen LogP) is 1.56. The summed E-state index contributed by atoms with van der Waals surface area (Å²) in [6.45, 7) is 1.77. The molecule has 2 aliphatic rings. The third-order valence-electron chi connectivity index (χ3n) is 3.90. The molecule has 0 saturated carbocycles. The summed E-state index contributed by atoms with van der Waals surface area (Å²) in [6, 6.07) is 2.66. The van der Waals surface area contributed by atoms with Gasteiger partial charge in [-0.1, -0.05) is 0 Å². The smallest absolute Gasteiger partial charge is 0.0795 e. The Hall–Kier alpha value is -0.520. The van der Waals surface area contributed by atoms with Gasteiger partial charge in [0.1, 0.15) is 0 Å². The first-order valence-corrected chi connectivity index (χ1v) is 7.85. The van der Waals surface area contributed by atoms with Gasteiger partial charge in [-0.15, -0.1) is 0 Å². The van der Waals surface area contributed by atoms with E-state index in [4.69, 9.17) is 4.74 Å². The van der Waals surface area contributed by atoms with Crippen LogP contribution < -0.4 is 5.32 Å². The predicted molar refractivity (Wildman–Crippen MR) is 73.7 cm³/mol. The van der Waals surface area contributed by atoms with Gasteiger partial charge in [0.15, 0.2) is 0 Å². The summed E-state index contributed by atoms with van der Waals surface area (Å²) in [5, 5.41) is 8.04. The number of hydrogen-bond acceptors (Lipinski definition) is 4. The number of aromatic nitrogens is 2. The number of aryl methyl sites for hydroxylation is 1. The van der Waals surface area contributed by atoms with Crippen LogP contribution in [0.5, 0.6) is 0 Å². The van der Waals surface area contributed by atoms with Crippen LogP contribution in [0, 0.1) is 0 Å². The lowest BCUT2D eigenvalue weighted by Crippen LogP contribution is -2.47. The van der Waals surface area contributed by atoms with Crippen LogP contribution in [0.1, 0.15) is 25.0 Å². The van der Waals surface area contributed by atoms with Crippen molar-refractivity contribution in [3.63, 3.8) is 0 Å². The molecule has 18 heavy (non-hydrogen) atoms. The van der Waals surface area contributed by atoms with E-state index in [-0.39, 0.29) is 5.60 Å². The quantitative estimate of drug-likeness (QED) is 0.902. The molecule has 2 atom stereocenters. The Labute approximate surface area is 112 Å². The molecule has 2 aliphatic heterocycles. The molecule has 0 bridgehead atoms. The molecule has 4 nitrogen and oxygen atoms in total. The molecule has 5 heteroatoms. The van der Waals surface area contributed by atoms with Crippen molar-refractivity contribution in [3.05, 3.63) is 18.0 Å². The minimum absolute atomic E-state index is 0.171. The molecular formula is C13H21N3OS. The first-order chi connectivity index (χ1) is 8.76. The Morgan fingerprint density at radius 3 is 3.33 bits per heavy atom. The van der Waals surface area contributed by atoms with E-state index in [2.05, 4.69) is 16.5 Å². The molecule has 3 rings (SSSR count). The average Bonchev–Trinajstić information content (AvgIpc) is 2.97. The van der Waals surface area contributed by atoms with Crippen molar-refractivity contribution < 1.29 is 4.74 Å². The molecule has 100 valence electrons. The van der Waals surface area contributed by atoms with E-state index in [1.165, 1.54) is 17.9 Å². The molecule has 0 aromatic carbocycles. The van der Waals surface area contributed by atoms with E-state index in [1.54, 1.807) is 0 Å². The first-order valence-electron chi connectivity index (χ1n) is 6.69. The highest BCUT2D eigenvalue weighted by Gasteiger charge is 2.40. The fourth-order valence-corrected chi connectivity index (χ4v) is 4.25. The van der Waals surface area contributed by atoms with Gasteiger partial charge >= 0.3 is 0 Å². The van der Waals surface area contributed by atoms with Crippen LogP contribution in [0.15, 0.2) is 12.3 Å². The van der Waals surface area contributed by atoms with Gasteiger partial charge in [-0.05, 0) is 31.1 Å². The lowest BCUT2D eigenvalue weighted by Gasteiger charge is -2.38. The summed E-state index contributed by atoms with van der Waals surface area (Å²) >= 11 is 2.03. The normalized spacial score (nSPS) is 32.2. The first kappa shape index (κ1) is 12.5. The van der Waals surface area contributed by atoms with E-state index in [0.29, 0.717) is 6.04 Å². The van der Waals surface area contributed by atoms with Gasteiger partial charge in [-0.25, -0.2) is 0 Å². The summed E-state index contributed by atoms with van der Waals surface area (Å²) in [7, 11) is 1.96. The molecule has 2 unspecified atom stereocenters. The van der Waals surface area contributed by atoms with Crippen LogP contribution in [0.25, 0.3) is 0 Å². The molecule has 2 saturated heterocycles. The van der Waals surface area contributed by atoms with Crippen LogP contribution in [-0.2, 0) is 18.3 Å². The van der Waals surface area contributed by atoms with E-state index in [0.717, 1.165) is 31.7 Å². The van der Waals surface area contributed by atoms with E-state index in [1.807, 2.05) is 29.7 Å². The summed E-state index contributed by atoms with van der Waals surface area (Å²) in [5.74, 6) is 2.43. The number of ether oxygens (including phenoxy) is 1. The molecule has 1 spiro atoms. The van der Waals surface area contributed by atoms with Crippen LogP contribution >= 0.6 is 11.8 Å². The topological polar surface area (TPSA) is 39.1 Å². The molecule has 1 aromatic heterocycles. The maximum absolute atomic E-state index is 6.03. The Bertz CT molecular complexity index is 401. The largest absolute Gasteiger partial charge is 0.374 e. The average molecular weight is 267 g/mol. The second kappa shape index (κ2) is 5.23. The van der Waals surface area contributed by atoms with Gasteiger partial charge in [0.25, 0.3) is 0 Å². The SMILES string of the molecule is Cn1ccc(CNC2CCOC3(CCSC3)C2)n1. The maximum atomic E-state index is 6.03. The Balaban J connectivity index is 1.53. The van der Waals surface area contributed by atoms with Gasteiger partial charge in [-0.2, -0.15) is 16.9 Å². The number of nitrogens with one attached hydrogen (secondary N) is 1. The zero-order valence-corrected chi connectivity index (χ0v) is 11.7. The lowest BCUT2D eigenvalue weighted by molar-refractivity contribution is -0.0703. The molecule has 1 N–H and O–H groups in total. The molecule has 0 amide bonds. The van der Waals surface area contributed by atoms with Gasteiger partial charge < -0.3 is 10.1 Å². The third kappa shape index (κ3) is 2.73. The monoisotopic (exact) mass is 267 g/mol. The molecule has 2 fully saturated rings. The summed E-state index contributed by atoms with van der Waals surface area (Å²) in [6.07, 6.45) is 5.50. The zero-order chi connectivity index (χ0) is 12.4. The van der Waals surface area contributed by atoms with Gasteiger partial charge in [0.2, 0.25) is 0 Å². The fraction of sp³-hybridized carbons (Fsp3) is 0.769. The summed E-state index contributed by atoms with van der Waals surface area (Å²) < 4.78 is 7.89. The Kier molecular flexibility index (Phi) is 3.63. The minimum Gasteiger partial charge on any atom is -0.374 e. The van der Waals surface area contributed by atoms with Gasteiger partial charge in [-0.3, -0.25) is 4.68 Å².